The van der Waals surface area contributed by atoms with Crippen molar-refractivity contribution in [1.29, 1.82) is 0 Å². The molecule has 242 valence electrons. The molecule has 0 spiro atoms. The van der Waals surface area contributed by atoms with Crippen LogP contribution in [0.1, 0.15) is 18.1 Å². The summed E-state index contributed by atoms with van der Waals surface area (Å²) in [5, 5.41) is 19.4. The Hall–Kier alpha value is -5.10. The zero-order valence-corrected chi connectivity index (χ0v) is 26.9. The van der Waals surface area contributed by atoms with Gasteiger partial charge in [-0.3, -0.25) is 14.5 Å². The predicted octanol–water partition coefficient (Wildman–Crippen LogP) is 4.18. The third kappa shape index (κ3) is 6.59. The van der Waals surface area contributed by atoms with Crippen LogP contribution < -0.4 is 21.3 Å². The molecule has 2 N–H and O–H groups in total. The van der Waals surface area contributed by atoms with Crippen molar-refractivity contribution in [2.75, 3.05) is 56.7 Å². The topological polar surface area (TPSA) is 118 Å². The fraction of sp³-hybridized carbons (Fsp3) is 0.278. The second-order valence-corrected chi connectivity index (χ2v) is 11.8. The second kappa shape index (κ2) is 13.7. The highest BCUT2D eigenvalue weighted by atomic mass is 16.5. The number of benzene rings is 2. The van der Waals surface area contributed by atoms with Crippen LogP contribution in [0.5, 0.6) is 0 Å². The van der Waals surface area contributed by atoms with Crippen LogP contribution in [0, 0.1) is 0 Å². The van der Waals surface area contributed by atoms with Gasteiger partial charge >= 0.3 is 0 Å². The molecule has 0 atom stereocenters. The van der Waals surface area contributed by atoms with Crippen LogP contribution in [0.4, 0.5) is 17.2 Å². The fourth-order valence-corrected chi connectivity index (χ4v) is 5.98. The van der Waals surface area contributed by atoms with Crippen molar-refractivity contribution in [1.82, 2.24) is 24.2 Å². The lowest BCUT2D eigenvalue weighted by Crippen LogP contribution is -2.47. The van der Waals surface area contributed by atoms with Gasteiger partial charge in [0, 0.05) is 69.6 Å². The quantitative estimate of drug-likeness (QED) is 0.234. The first-order chi connectivity index (χ1) is 22.8. The number of allylic oxidation sites excluding steroid dienone is 1. The molecule has 0 saturated carbocycles. The zero-order chi connectivity index (χ0) is 33.1. The molecule has 1 aliphatic heterocycles. The summed E-state index contributed by atoms with van der Waals surface area (Å²) in [6.07, 6.45) is 5.18. The van der Waals surface area contributed by atoms with E-state index in [0.29, 0.717) is 44.7 Å². The number of pyridine rings is 2. The van der Waals surface area contributed by atoms with Crippen LogP contribution in [0.2, 0.25) is 0 Å². The normalized spacial score (nSPS) is 13.7. The SMILES string of the molecule is C=C(C)c1ccc2c(=O)n(-c3cccc(-c4cc(Nc5ccc(N6CCN(CCOC)CC6)cn5)c(=O)n(C)c4)c3CO)ncc2c1. The summed E-state index contributed by atoms with van der Waals surface area (Å²) in [6, 6.07) is 16.6. The van der Waals surface area contributed by atoms with Gasteiger partial charge in [-0.15, -0.1) is 0 Å². The van der Waals surface area contributed by atoms with E-state index in [1.807, 2.05) is 49.5 Å². The monoisotopic (exact) mass is 633 g/mol. The minimum atomic E-state index is -0.346. The first kappa shape index (κ1) is 31.9. The van der Waals surface area contributed by atoms with E-state index in [2.05, 4.69) is 31.8 Å². The number of anilines is 3. The number of ether oxygens (including phenoxy) is 1. The number of methoxy groups -OCH3 is 1. The van der Waals surface area contributed by atoms with Crippen molar-refractivity contribution in [3.8, 4) is 16.8 Å². The summed E-state index contributed by atoms with van der Waals surface area (Å²) in [6.45, 7) is 11.0. The maximum atomic E-state index is 13.6. The molecule has 1 saturated heterocycles. The van der Waals surface area contributed by atoms with Gasteiger partial charge in [0.2, 0.25) is 0 Å². The van der Waals surface area contributed by atoms with Crippen LogP contribution in [-0.4, -0.2) is 75.8 Å². The van der Waals surface area contributed by atoms with Crippen LogP contribution in [0.25, 0.3) is 33.2 Å². The van der Waals surface area contributed by atoms with Crippen molar-refractivity contribution in [3.63, 3.8) is 0 Å². The molecule has 0 bridgehead atoms. The van der Waals surface area contributed by atoms with Crippen molar-refractivity contribution < 1.29 is 9.84 Å². The average molecular weight is 634 g/mol. The van der Waals surface area contributed by atoms with Gasteiger partial charge in [-0.05, 0) is 54.4 Å². The Morgan fingerprint density at radius 2 is 1.83 bits per heavy atom. The van der Waals surface area contributed by atoms with E-state index in [4.69, 9.17) is 4.74 Å². The largest absolute Gasteiger partial charge is 0.392 e. The summed E-state index contributed by atoms with van der Waals surface area (Å²) in [4.78, 5) is 36.1. The number of aromatic nitrogens is 4. The van der Waals surface area contributed by atoms with Gasteiger partial charge in [-0.25, -0.2) is 4.98 Å². The number of aryl methyl sites for hydroxylation is 1. The summed E-state index contributed by atoms with van der Waals surface area (Å²) < 4.78 is 8.00. The van der Waals surface area contributed by atoms with E-state index in [0.717, 1.165) is 56.2 Å². The van der Waals surface area contributed by atoms with Crippen LogP contribution >= 0.6 is 0 Å². The Morgan fingerprint density at radius 1 is 1.02 bits per heavy atom. The summed E-state index contributed by atoms with van der Waals surface area (Å²) in [5.41, 5.74) is 4.99. The number of rotatable bonds is 10. The van der Waals surface area contributed by atoms with Crippen molar-refractivity contribution in [2.24, 2.45) is 7.05 Å². The first-order valence-corrected chi connectivity index (χ1v) is 15.6. The van der Waals surface area contributed by atoms with Gasteiger partial charge in [0.1, 0.15) is 11.5 Å². The Labute approximate surface area is 273 Å². The molecule has 0 aliphatic carbocycles. The van der Waals surface area contributed by atoms with E-state index >= 15 is 0 Å². The standard InChI is InChI=1S/C36H39N7O4/c1-24(2)25-8-10-30-26(18-25)20-38-43(35(30)45)33-7-5-6-29(31(33)23-44)27-19-32(36(46)40(3)22-27)39-34-11-9-28(21-37-34)42-14-12-41(13-15-42)16-17-47-4/h5-11,18-22,44H,1,12-17,23H2,2-4H3,(H,37,39). The second-order valence-electron chi connectivity index (χ2n) is 11.8. The molecular formula is C36H39N7O4. The van der Waals surface area contributed by atoms with E-state index in [1.54, 1.807) is 44.8 Å². The average Bonchev–Trinajstić information content (AvgIpc) is 3.09. The third-order valence-corrected chi connectivity index (χ3v) is 8.67. The molecule has 6 rings (SSSR count). The van der Waals surface area contributed by atoms with Gasteiger partial charge in [-0.1, -0.05) is 30.4 Å². The lowest BCUT2D eigenvalue weighted by Gasteiger charge is -2.35. The highest BCUT2D eigenvalue weighted by Crippen LogP contribution is 2.30. The Bertz CT molecular complexity index is 2040. The van der Waals surface area contributed by atoms with E-state index in [-0.39, 0.29) is 17.7 Å². The molecule has 0 radical (unpaired) electrons. The predicted molar refractivity (Wildman–Crippen MR) is 187 cm³/mol. The lowest BCUT2D eigenvalue weighted by molar-refractivity contribution is 0.144. The number of nitrogens with one attached hydrogen (secondary N) is 1. The van der Waals surface area contributed by atoms with Gasteiger partial charge in [0.05, 0.1) is 42.4 Å². The fourth-order valence-electron chi connectivity index (χ4n) is 5.98. The molecule has 1 fully saturated rings. The highest BCUT2D eigenvalue weighted by Gasteiger charge is 2.19. The van der Waals surface area contributed by atoms with Crippen LogP contribution in [0.15, 0.2) is 89.4 Å². The summed E-state index contributed by atoms with van der Waals surface area (Å²) in [5.74, 6) is 0.541. The maximum absolute atomic E-state index is 13.6. The lowest BCUT2D eigenvalue weighted by atomic mass is 9.99. The Balaban J connectivity index is 1.28. The van der Waals surface area contributed by atoms with Gasteiger partial charge in [0.25, 0.3) is 11.1 Å². The van der Waals surface area contributed by atoms with Gasteiger partial charge < -0.3 is 24.6 Å². The smallest absolute Gasteiger partial charge is 0.279 e. The maximum Gasteiger partial charge on any atom is 0.279 e. The van der Waals surface area contributed by atoms with Gasteiger partial charge in [0.15, 0.2) is 0 Å². The number of hydrogen-bond donors (Lipinski definition) is 2. The van der Waals surface area contributed by atoms with E-state index in [1.165, 1.54) is 9.25 Å². The summed E-state index contributed by atoms with van der Waals surface area (Å²) >= 11 is 0. The number of aliphatic hydroxyl groups excluding tert-OH is 1. The van der Waals surface area contributed by atoms with Crippen molar-refractivity contribution >= 4 is 33.5 Å². The highest BCUT2D eigenvalue weighted by molar-refractivity contribution is 5.85. The molecule has 2 aromatic carbocycles. The first-order valence-electron chi connectivity index (χ1n) is 15.6. The Morgan fingerprint density at radius 3 is 2.53 bits per heavy atom. The molecule has 4 heterocycles. The molecule has 0 amide bonds. The number of hydrogen-bond acceptors (Lipinski definition) is 9. The summed E-state index contributed by atoms with van der Waals surface area (Å²) in [7, 11) is 3.40. The van der Waals surface area contributed by atoms with Crippen LogP contribution in [-0.2, 0) is 18.4 Å². The van der Waals surface area contributed by atoms with Crippen molar-refractivity contribution in [3.05, 3.63) is 112 Å². The molecular weight excluding hydrogens is 594 g/mol. The number of nitrogens with zero attached hydrogens (tertiary/aromatic N) is 6. The minimum Gasteiger partial charge on any atom is -0.392 e. The molecule has 11 heteroatoms. The van der Waals surface area contributed by atoms with E-state index < -0.39 is 0 Å². The molecule has 47 heavy (non-hydrogen) atoms. The molecule has 5 aromatic rings. The van der Waals surface area contributed by atoms with Crippen LogP contribution in [0.3, 0.4) is 0 Å². The van der Waals surface area contributed by atoms with E-state index in [9.17, 15) is 14.7 Å². The number of piperazine rings is 1. The molecule has 0 unspecified atom stereocenters. The molecule has 11 nitrogen and oxygen atoms in total. The molecule has 1 aliphatic rings. The number of aliphatic hydroxyl groups is 1. The third-order valence-electron chi connectivity index (χ3n) is 8.67. The van der Waals surface area contributed by atoms with Crippen molar-refractivity contribution in [2.45, 2.75) is 13.5 Å². The zero-order valence-electron chi connectivity index (χ0n) is 26.9. The Kier molecular flexibility index (Phi) is 9.30. The van der Waals surface area contributed by atoms with Gasteiger partial charge in [-0.2, -0.15) is 9.78 Å². The number of fused-ring (bicyclic) bond motifs is 1. The molecule has 3 aromatic heterocycles. The minimum absolute atomic E-state index is 0.227.